The number of nitrogens with zero attached hydrogens (tertiary/aromatic N) is 1. The van der Waals surface area contributed by atoms with Crippen molar-refractivity contribution in [3.63, 3.8) is 0 Å². The van der Waals surface area contributed by atoms with E-state index in [1.807, 2.05) is 13.0 Å². The third kappa shape index (κ3) is 2.60. The molecule has 2 rings (SSSR count). The Balaban J connectivity index is 2.29. The monoisotopic (exact) mass is 236 g/mol. The zero-order chi connectivity index (χ0) is 12.6. The highest BCUT2D eigenvalue weighted by molar-refractivity contribution is 5.55. The van der Waals surface area contributed by atoms with E-state index < -0.39 is 0 Å². The van der Waals surface area contributed by atoms with Crippen LogP contribution < -0.4 is 10.6 Å². The fourth-order valence-electron chi connectivity index (χ4n) is 2.33. The molecule has 2 unspecified atom stereocenters. The van der Waals surface area contributed by atoms with Crippen LogP contribution in [0.25, 0.3) is 0 Å². The molecule has 1 fully saturated rings. The van der Waals surface area contributed by atoms with Crippen LogP contribution in [0.5, 0.6) is 0 Å². The average Bonchev–Trinajstić information content (AvgIpc) is 3.10. The van der Waals surface area contributed by atoms with Gasteiger partial charge in [0.25, 0.3) is 0 Å². The number of anilines is 1. The number of benzene rings is 1. The number of halogens is 1. The predicted octanol–water partition coefficient (Wildman–Crippen LogP) is 3.08. The SMILES string of the molecule is CC(N)c1cc(F)ccc1N(C)C(C)C1CC1. The highest BCUT2D eigenvalue weighted by Crippen LogP contribution is 2.37. The molecule has 0 aliphatic heterocycles. The van der Waals surface area contributed by atoms with Crippen molar-refractivity contribution in [2.45, 2.75) is 38.8 Å². The van der Waals surface area contributed by atoms with E-state index >= 15 is 0 Å². The van der Waals surface area contributed by atoms with Crippen molar-refractivity contribution in [2.24, 2.45) is 11.7 Å². The summed E-state index contributed by atoms with van der Waals surface area (Å²) in [6.45, 7) is 4.12. The molecule has 1 aliphatic rings. The summed E-state index contributed by atoms with van der Waals surface area (Å²) < 4.78 is 13.3. The van der Waals surface area contributed by atoms with Crippen molar-refractivity contribution in [1.29, 1.82) is 0 Å². The third-order valence-electron chi connectivity index (χ3n) is 3.78. The molecule has 1 saturated carbocycles. The number of hydrogen-bond donors (Lipinski definition) is 1. The maximum Gasteiger partial charge on any atom is 0.123 e. The lowest BCUT2D eigenvalue weighted by atomic mass is 10.0. The average molecular weight is 236 g/mol. The molecule has 2 N–H and O–H groups in total. The zero-order valence-electron chi connectivity index (χ0n) is 10.8. The summed E-state index contributed by atoms with van der Waals surface area (Å²) in [6, 6.07) is 5.26. The van der Waals surface area contributed by atoms with E-state index in [0.717, 1.165) is 17.2 Å². The van der Waals surface area contributed by atoms with Crippen molar-refractivity contribution in [3.05, 3.63) is 29.6 Å². The van der Waals surface area contributed by atoms with E-state index in [9.17, 15) is 4.39 Å². The first-order chi connectivity index (χ1) is 8.00. The summed E-state index contributed by atoms with van der Waals surface area (Å²) in [4.78, 5) is 2.23. The summed E-state index contributed by atoms with van der Waals surface area (Å²) in [6.07, 6.45) is 2.61. The molecule has 3 heteroatoms. The molecule has 2 atom stereocenters. The van der Waals surface area contributed by atoms with Crippen LogP contribution in [0.4, 0.5) is 10.1 Å². The van der Waals surface area contributed by atoms with Gasteiger partial charge in [0.05, 0.1) is 0 Å². The van der Waals surface area contributed by atoms with Crippen molar-refractivity contribution >= 4 is 5.69 Å². The number of nitrogens with two attached hydrogens (primary N) is 1. The van der Waals surface area contributed by atoms with E-state index in [1.165, 1.54) is 18.9 Å². The van der Waals surface area contributed by atoms with Crippen LogP contribution in [-0.2, 0) is 0 Å². The Morgan fingerprint density at radius 1 is 1.35 bits per heavy atom. The van der Waals surface area contributed by atoms with Gasteiger partial charge in [0.1, 0.15) is 5.82 Å². The molecule has 0 aromatic heterocycles. The van der Waals surface area contributed by atoms with Gasteiger partial charge in [0, 0.05) is 24.8 Å². The molecule has 1 aliphatic carbocycles. The molecule has 1 aromatic rings. The molecule has 0 bridgehead atoms. The quantitative estimate of drug-likeness (QED) is 0.870. The van der Waals surface area contributed by atoms with Crippen LogP contribution >= 0.6 is 0 Å². The minimum atomic E-state index is -0.214. The second-order valence-corrected chi connectivity index (χ2v) is 5.18. The minimum absolute atomic E-state index is 0.144. The van der Waals surface area contributed by atoms with Gasteiger partial charge in [-0.2, -0.15) is 0 Å². The summed E-state index contributed by atoms with van der Waals surface area (Å²) in [5, 5.41) is 0. The standard InChI is InChI=1S/C14H21FN2/c1-9(16)13-8-12(15)6-7-14(13)17(3)10(2)11-4-5-11/h6-11H,4-5,16H2,1-3H3. The van der Waals surface area contributed by atoms with Crippen LogP contribution in [0.2, 0.25) is 0 Å². The third-order valence-corrected chi connectivity index (χ3v) is 3.78. The molecule has 0 amide bonds. The van der Waals surface area contributed by atoms with Gasteiger partial charge in [-0.05, 0) is 56.4 Å². The lowest BCUT2D eigenvalue weighted by molar-refractivity contribution is 0.598. The van der Waals surface area contributed by atoms with E-state index in [1.54, 1.807) is 6.07 Å². The highest BCUT2D eigenvalue weighted by atomic mass is 19.1. The van der Waals surface area contributed by atoms with Crippen LogP contribution in [0, 0.1) is 11.7 Å². The van der Waals surface area contributed by atoms with Crippen molar-refractivity contribution in [3.8, 4) is 0 Å². The van der Waals surface area contributed by atoms with Gasteiger partial charge in [0.2, 0.25) is 0 Å². The van der Waals surface area contributed by atoms with Crippen molar-refractivity contribution in [2.75, 3.05) is 11.9 Å². The molecule has 0 heterocycles. The second-order valence-electron chi connectivity index (χ2n) is 5.18. The fraction of sp³-hybridized carbons (Fsp3) is 0.571. The van der Waals surface area contributed by atoms with Gasteiger partial charge in [0.15, 0.2) is 0 Å². The summed E-state index contributed by atoms with van der Waals surface area (Å²) in [5.41, 5.74) is 7.86. The normalized spacial score (nSPS) is 18.9. The van der Waals surface area contributed by atoms with E-state index in [2.05, 4.69) is 18.9 Å². The molecular weight excluding hydrogens is 215 g/mol. The van der Waals surface area contributed by atoms with Gasteiger partial charge in [-0.15, -0.1) is 0 Å². The van der Waals surface area contributed by atoms with Gasteiger partial charge in [-0.1, -0.05) is 0 Å². The largest absolute Gasteiger partial charge is 0.371 e. The molecule has 1 aromatic carbocycles. The Hall–Kier alpha value is -1.09. The smallest absolute Gasteiger partial charge is 0.123 e. The summed E-state index contributed by atoms with van der Waals surface area (Å²) >= 11 is 0. The molecule has 2 nitrogen and oxygen atoms in total. The second kappa shape index (κ2) is 4.65. The first kappa shape index (κ1) is 12.4. The summed E-state index contributed by atoms with van der Waals surface area (Å²) in [5.74, 6) is 0.569. The Kier molecular flexibility index (Phi) is 3.38. The minimum Gasteiger partial charge on any atom is -0.371 e. The lowest BCUT2D eigenvalue weighted by Gasteiger charge is -2.30. The Morgan fingerprint density at radius 2 is 2.00 bits per heavy atom. The molecule has 0 radical (unpaired) electrons. The first-order valence-electron chi connectivity index (χ1n) is 6.28. The molecule has 94 valence electrons. The van der Waals surface area contributed by atoms with Crippen LogP contribution in [0.1, 0.15) is 38.3 Å². The predicted molar refractivity (Wildman–Crippen MR) is 69.6 cm³/mol. The topological polar surface area (TPSA) is 29.3 Å². The van der Waals surface area contributed by atoms with Gasteiger partial charge in [-0.25, -0.2) is 4.39 Å². The van der Waals surface area contributed by atoms with Crippen molar-refractivity contribution < 1.29 is 4.39 Å². The van der Waals surface area contributed by atoms with Gasteiger partial charge < -0.3 is 10.6 Å². The van der Waals surface area contributed by atoms with Gasteiger partial charge >= 0.3 is 0 Å². The maximum atomic E-state index is 13.3. The molecule has 0 spiro atoms. The summed E-state index contributed by atoms with van der Waals surface area (Å²) in [7, 11) is 2.07. The Morgan fingerprint density at radius 3 is 2.53 bits per heavy atom. The van der Waals surface area contributed by atoms with Crippen LogP contribution in [-0.4, -0.2) is 13.1 Å². The van der Waals surface area contributed by atoms with Crippen LogP contribution in [0.3, 0.4) is 0 Å². The maximum absolute atomic E-state index is 13.3. The van der Waals surface area contributed by atoms with E-state index in [0.29, 0.717) is 6.04 Å². The molecular formula is C14H21FN2. The fourth-order valence-corrected chi connectivity index (χ4v) is 2.33. The zero-order valence-corrected chi connectivity index (χ0v) is 10.8. The molecule has 17 heavy (non-hydrogen) atoms. The van der Waals surface area contributed by atoms with E-state index in [4.69, 9.17) is 5.73 Å². The van der Waals surface area contributed by atoms with E-state index in [-0.39, 0.29) is 11.9 Å². The highest BCUT2D eigenvalue weighted by Gasteiger charge is 2.31. The van der Waals surface area contributed by atoms with Crippen LogP contribution in [0.15, 0.2) is 18.2 Å². The number of rotatable bonds is 4. The number of hydrogen-bond acceptors (Lipinski definition) is 2. The Labute approximate surface area is 103 Å². The molecule has 0 saturated heterocycles. The first-order valence-corrected chi connectivity index (χ1v) is 6.28. The van der Waals surface area contributed by atoms with Gasteiger partial charge in [-0.3, -0.25) is 0 Å². The lowest BCUT2D eigenvalue weighted by Crippen LogP contribution is -2.32. The van der Waals surface area contributed by atoms with Crippen molar-refractivity contribution in [1.82, 2.24) is 0 Å². The Bertz CT molecular complexity index is 399.